The molecule has 0 saturated carbocycles. The van der Waals surface area contributed by atoms with E-state index in [0.717, 1.165) is 28.0 Å². The van der Waals surface area contributed by atoms with Gasteiger partial charge in [0.15, 0.2) is 10.9 Å². The monoisotopic (exact) mass is 471 g/mol. The molecule has 32 heavy (non-hydrogen) atoms. The van der Waals surface area contributed by atoms with Gasteiger partial charge in [-0.05, 0) is 42.5 Å². The van der Waals surface area contributed by atoms with Crippen molar-refractivity contribution in [1.29, 1.82) is 0 Å². The fourth-order valence-corrected chi connectivity index (χ4v) is 4.90. The van der Waals surface area contributed by atoms with Crippen molar-refractivity contribution in [3.8, 4) is 5.75 Å². The summed E-state index contributed by atoms with van der Waals surface area (Å²) in [5.41, 5.74) is 0.729. The van der Waals surface area contributed by atoms with Crippen LogP contribution >= 0.6 is 23.1 Å². The second-order valence-corrected chi connectivity index (χ2v) is 8.98. The summed E-state index contributed by atoms with van der Waals surface area (Å²) < 4.78 is 33.3. The second-order valence-electron chi connectivity index (χ2n) is 6.81. The van der Waals surface area contributed by atoms with Crippen molar-refractivity contribution >= 4 is 44.4 Å². The largest absolute Gasteiger partial charge is 0.497 e. The molecule has 0 bridgehead atoms. The van der Waals surface area contributed by atoms with Crippen LogP contribution in [-0.2, 0) is 11.3 Å². The number of fused-ring (bicyclic) bond motifs is 1. The molecule has 0 fully saturated rings. The van der Waals surface area contributed by atoms with Gasteiger partial charge in [0.25, 0.3) is 0 Å². The maximum absolute atomic E-state index is 14.2. The van der Waals surface area contributed by atoms with Gasteiger partial charge in [-0.25, -0.2) is 13.8 Å². The van der Waals surface area contributed by atoms with Gasteiger partial charge in [0, 0.05) is 29.3 Å². The summed E-state index contributed by atoms with van der Waals surface area (Å²) in [6.45, 7) is 0.191. The topological polar surface area (TPSA) is 55.3 Å². The zero-order valence-electron chi connectivity index (χ0n) is 17.1. The normalized spacial score (nSPS) is 11.0. The summed E-state index contributed by atoms with van der Waals surface area (Å²) in [6, 6.07) is 15.0. The van der Waals surface area contributed by atoms with Gasteiger partial charge in [-0.15, -0.1) is 11.8 Å². The number of amides is 1. The summed E-state index contributed by atoms with van der Waals surface area (Å²) in [4.78, 5) is 24.2. The summed E-state index contributed by atoms with van der Waals surface area (Å²) in [5, 5.41) is 0.314. The number of carbonyl (C=O) groups excluding carboxylic acids is 1. The van der Waals surface area contributed by atoms with Crippen LogP contribution in [0.25, 0.3) is 10.2 Å². The Morgan fingerprint density at radius 1 is 1.16 bits per heavy atom. The van der Waals surface area contributed by atoms with Crippen molar-refractivity contribution in [3.05, 3.63) is 78.1 Å². The highest BCUT2D eigenvalue weighted by Crippen LogP contribution is 2.32. The quantitative estimate of drug-likeness (QED) is 0.309. The molecule has 0 unspecified atom stereocenters. The Morgan fingerprint density at radius 3 is 2.69 bits per heavy atom. The fraction of sp³-hybridized carbons (Fsp3) is 0.174. The molecular weight excluding hydrogens is 452 g/mol. The molecule has 0 radical (unpaired) electrons. The Labute approximate surface area is 192 Å². The molecule has 2 heterocycles. The summed E-state index contributed by atoms with van der Waals surface area (Å²) in [7, 11) is 1.61. The van der Waals surface area contributed by atoms with E-state index >= 15 is 0 Å². The van der Waals surface area contributed by atoms with Crippen molar-refractivity contribution in [3.63, 3.8) is 0 Å². The van der Waals surface area contributed by atoms with Gasteiger partial charge >= 0.3 is 0 Å². The van der Waals surface area contributed by atoms with E-state index in [2.05, 4.69) is 9.97 Å². The van der Waals surface area contributed by atoms with Gasteiger partial charge in [0.1, 0.15) is 17.1 Å². The van der Waals surface area contributed by atoms with E-state index < -0.39 is 11.6 Å². The number of ether oxygens (including phenoxy) is 1. The van der Waals surface area contributed by atoms with Crippen LogP contribution in [0.3, 0.4) is 0 Å². The highest BCUT2D eigenvalue weighted by Gasteiger charge is 2.22. The fourth-order valence-electron chi connectivity index (χ4n) is 3.04. The maximum atomic E-state index is 14.2. The van der Waals surface area contributed by atoms with Gasteiger partial charge in [0.2, 0.25) is 5.91 Å². The molecule has 9 heteroatoms. The molecule has 0 atom stereocenters. The van der Waals surface area contributed by atoms with Gasteiger partial charge in [-0.1, -0.05) is 17.4 Å². The highest BCUT2D eigenvalue weighted by molar-refractivity contribution is 7.99. The molecule has 2 aromatic carbocycles. The first kappa shape index (κ1) is 22.2. The number of rotatable bonds is 8. The molecule has 0 N–H and O–H groups in total. The van der Waals surface area contributed by atoms with Gasteiger partial charge in [-0.3, -0.25) is 14.7 Å². The van der Waals surface area contributed by atoms with Crippen LogP contribution in [0.5, 0.6) is 5.75 Å². The van der Waals surface area contributed by atoms with Crippen LogP contribution in [-0.4, -0.2) is 28.7 Å². The smallest absolute Gasteiger partial charge is 0.229 e. The number of pyridine rings is 1. The molecule has 0 aliphatic rings. The first-order chi connectivity index (χ1) is 15.5. The number of hydrogen-bond donors (Lipinski definition) is 0. The van der Waals surface area contributed by atoms with E-state index in [1.165, 1.54) is 11.0 Å². The highest BCUT2D eigenvalue weighted by atomic mass is 32.2. The minimum atomic E-state index is -0.747. The third-order valence-corrected chi connectivity index (χ3v) is 6.66. The van der Waals surface area contributed by atoms with E-state index in [-0.39, 0.29) is 24.4 Å². The van der Waals surface area contributed by atoms with Crippen molar-refractivity contribution in [2.45, 2.75) is 17.9 Å². The molecule has 5 nitrogen and oxygen atoms in total. The molecule has 0 spiro atoms. The third-order valence-electron chi connectivity index (χ3n) is 4.62. The van der Waals surface area contributed by atoms with Crippen LogP contribution in [0.1, 0.15) is 12.1 Å². The Hall–Kier alpha value is -3.04. The molecule has 4 aromatic rings. The molecule has 164 valence electrons. The number of carbonyl (C=O) groups is 1. The molecule has 2 aromatic heterocycles. The Balaban J connectivity index is 1.53. The van der Waals surface area contributed by atoms with Gasteiger partial charge < -0.3 is 4.74 Å². The summed E-state index contributed by atoms with van der Waals surface area (Å²) in [5.74, 6) is -0.271. The van der Waals surface area contributed by atoms with Gasteiger partial charge in [0.05, 0.1) is 24.0 Å². The number of benzene rings is 2. The van der Waals surface area contributed by atoms with Crippen LogP contribution < -0.4 is 9.64 Å². The molecule has 4 rings (SSSR count). The third kappa shape index (κ3) is 5.23. The van der Waals surface area contributed by atoms with E-state index in [1.807, 2.05) is 30.3 Å². The lowest BCUT2D eigenvalue weighted by Gasteiger charge is -2.19. The molecule has 0 aliphatic heterocycles. The number of anilines is 1. The van der Waals surface area contributed by atoms with Crippen molar-refractivity contribution in [1.82, 2.24) is 9.97 Å². The summed E-state index contributed by atoms with van der Waals surface area (Å²) in [6.07, 6.45) is 1.89. The Kier molecular flexibility index (Phi) is 6.96. The minimum absolute atomic E-state index is 0.0535. The van der Waals surface area contributed by atoms with Crippen LogP contribution in [0.2, 0.25) is 0 Å². The van der Waals surface area contributed by atoms with Crippen molar-refractivity contribution in [2.75, 3.05) is 17.8 Å². The molecule has 0 saturated heterocycles. The van der Waals surface area contributed by atoms with Crippen LogP contribution in [0.4, 0.5) is 13.9 Å². The lowest BCUT2D eigenvalue weighted by Crippen LogP contribution is -2.30. The number of nitrogens with zero attached hydrogens (tertiary/aromatic N) is 3. The van der Waals surface area contributed by atoms with Crippen LogP contribution in [0.15, 0.2) is 65.7 Å². The Bertz CT molecular complexity index is 1220. The maximum Gasteiger partial charge on any atom is 0.229 e. The standard InChI is InChI=1S/C23H19F2N3O2S2/c1-30-17-5-7-18(8-6-17)31-11-9-21(29)28(14-16-4-2-3-10-26-16)23-27-22-19(25)12-15(24)13-20(22)32-23/h2-8,10,12-13H,9,11,14H2,1H3. The van der Waals surface area contributed by atoms with Crippen LogP contribution in [0, 0.1) is 11.6 Å². The lowest BCUT2D eigenvalue weighted by atomic mass is 10.3. The zero-order chi connectivity index (χ0) is 22.5. The van der Waals surface area contributed by atoms with E-state index in [0.29, 0.717) is 21.3 Å². The molecule has 0 aliphatic carbocycles. The molecule has 1 amide bonds. The van der Waals surface area contributed by atoms with E-state index in [1.54, 1.807) is 37.2 Å². The first-order valence-electron chi connectivity index (χ1n) is 9.76. The number of thioether (sulfide) groups is 1. The number of hydrogen-bond acceptors (Lipinski definition) is 6. The average Bonchev–Trinajstić information content (AvgIpc) is 3.22. The SMILES string of the molecule is COc1ccc(SCCC(=O)N(Cc2ccccn2)c2nc3c(F)cc(F)cc3s2)cc1. The van der Waals surface area contributed by atoms with Crippen molar-refractivity contribution in [2.24, 2.45) is 0 Å². The van der Waals surface area contributed by atoms with E-state index in [9.17, 15) is 13.6 Å². The lowest BCUT2D eigenvalue weighted by molar-refractivity contribution is -0.118. The number of aromatic nitrogens is 2. The van der Waals surface area contributed by atoms with Crippen molar-refractivity contribution < 1.29 is 18.3 Å². The average molecular weight is 472 g/mol. The van der Waals surface area contributed by atoms with Gasteiger partial charge in [-0.2, -0.15) is 0 Å². The predicted molar refractivity (Wildman–Crippen MR) is 123 cm³/mol. The first-order valence-corrected chi connectivity index (χ1v) is 11.6. The summed E-state index contributed by atoms with van der Waals surface area (Å²) >= 11 is 2.63. The van der Waals surface area contributed by atoms with E-state index in [4.69, 9.17) is 4.74 Å². The Morgan fingerprint density at radius 2 is 1.97 bits per heavy atom. The second kappa shape index (κ2) is 10.1. The number of halogens is 2. The zero-order valence-corrected chi connectivity index (χ0v) is 18.8. The number of thiazole rings is 1. The number of methoxy groups -OCH3 is 1. The minimum Gasteiger partial charge on any atom is -0.497 e. The molecular formula is C23H19F2N3O2S2. The predicted octanol–water partition coefficient (Wildman–Crippen LogP) is 5.69.